The number of hydrogen-bond acceptors (Lipinski definition) is 2. The number of alkyl halides is 3. The molecule has 1 aromatic rings. The van der Waals surface area contributed by atoms with E-state index in [4.69, 9.17) is 10.7 Å². The number of nitrogens with one attached hydrogen (secondary N) is 1. The highest BCUT2D eigenvalue weighted by atomic mass is 35.7. The smallest absolute Gasteiger partial charge is 0.271 e. The standard InChI is InChI=1S/C7H5ClF3NO2S/c8-15(13,14)12-6-3-1-5(2-4-6)7(9,10)11/h1-4,12H. The highest BCUT2D eigenvalue weighted by molar-refractivity contribution is 8.14. The van der Waals surface area contributed by atoms with Gasteiger partial charge in [-0.25, -0.2) is 0 Å². The van der Waals surface area contributed by atoms with Crippen molar-refractivity contribution in [1.29, 1.82) is 0 Å². The Morgan fingerprint density at radius 1 is 1.13 bits per heavy atom. The fourth-order valence-corrected chi connectivity index (χ4v) is 1.55. The van der Waals surface area contributed by atoms with E-state index in [0.29, 0.717) is 0 Å². The molecule has 0 aromatic heterocycles. The van der Waals surface area contributed by atoms with Crippen molar-refractivity contribution in [2.24, 2.45) is 0 Å². The highest BCUT2D eigenvalue weighted by Crippen LogP contribution is 2.29. The first-order valence-corrected chi connectivity index (χ1v) is 5.89. The van der Waals surface area contributed by atoms with Gasteiger partial charge in [0, 0.05) is 16.4 Å². The molecule has 0 heterocycles. The van der Waals surface area contributed by atoms with Crippen LogP contribution in [0.4, 0.5) is 18.9 Å². The molecular weight excluding hydrogens is 255 g/mol. The quantitative estimate of drug-likeness (QED) is 0.830. The Bertz CT molecular complexity index is 440. The molecule has 15 heavy (non-hydrogen) atoms. The monoisotopic (exact) mass is 259 g/mol. The second kappa shape index (κ2) is 3.90. The van der Waals surface area contributed by atoms with Crippen LogP contribution in [-0.2, 0) is 15.4 Å². The molecule has 0 amide bonds. The number of benzene rings is 1. The fraction of sp³-hybridized carbons (Fsp3) is 0.143. The van der Waals surface area contributed by atoms with Crippen molar-refractivity contribution in [2.45, 2.75) is 6.18 Å². The third-order valence-corrected chi connectivity index (χ3v) is 2.16. The van der Waals surface area contributed by atoms with Crippen LogP contribution in [0.2, 0.25) is 0 Å². The Hall–Kier alpha value is -0.950. The minimum atomic E-state index is -4.45. The summed E-state index contributed by atoms with van der Waals surface area (Å²) in [7, 11) is 0.852. The zero-order valence-corrected chi connectivity index (χ0v) is 8.62. The maximum atomic E-state index is 12.1. The van der Waals surface area contributed by atoms with E-state index in [-0.39, 0.29) is 5.69 Å². The van der Waals surface area contributed by atoms with Gasteiger partial charge >= 0.3 is 15.4 Å². The first-order valence-electron chi connectivity index (χ1n) is 3.58. The largest absolute Gasteiger partial charge is 0.416 e. The summed E-state index contributed by atoms with van der Waals surface area (Å²) in [5.74, 6) is 0. The van der Waals surface area contributed by atoms with E-state index in [2.05, 4.69) is 0 Å². The van der Waals surface area contributed by atoms with Gasteiger partial charge in [0.1, 0.15) is 0 Å². The topological polar surface area (TPSA) is 46.2 Å². The highest BCUT2D eigenvalue weighted by Gasteiger charge is 2.29. The predicted octanol–water partition coefficient (Wildman–Crippen LogP) is 2.60. The van der Waals surface area contributed by atoms with Crippen LogP contribution in [0.1, 0.15) is 5.56 Å². The van der Waals surface area contributed by atoms with E-state index >= 15 is 0 Å². The Balaban J connectivity index is 2.91. The molecule has 1 aromatic carbocycles. The van der Waals surface area contributed by atoms with Crippen molar-refractivity contribution in [3.8, 4) is 0 Å². The van der Waals surface area contributed by atoms with Gasteiger partial charge in [0.2, 0.25) is 0 Å². The molecule has 1 rings (SSSR count). The van der Waals surface area contributed by atoms with E-state index in [1.165, 1.54) is 0 Å². The average Bonchev–Trinajstić information content (AvgIpc) is 2.00. The summed E-state index contributed by atoms with van der Waals surface area (Å²) >= 11 is 0. The van der Waals surface area contributed by atoms with Gasteiger partial charge in [-0.3, -0.25) is 4.72 Å². The van der Waals surface area contributed by atoms with Gasteiger partial charge < -0.3 is 0 Å². The fourth-order valence-electron chi connectivity index (χ4n) is 0.868. The van der Waals surface area contributed by atoms with E-state index in [0.717, 1.165) is 24.3 Å². The summed E-state index contributed by atoms with van der Waals surface area (Å²) in [4.78, 5) is 0. The van der Waals surface area contributed by atoms with Crippen LogP contribution >= 0.6 is 10.7 Å². The van der Waals surface area contributed by atoms with Gasteiger partial charge in [0.25, 0.3) is 0 Å². The lowest BCUT2D eigenvalue weighted by Crippen LogP contribution is -2.07. The molecule has 1 N–H and O–H groups in total. The predicted molar refractivity (Wildman–Crippen MR) is 49.8 cm³/mol. The van der Waals surface area contributed by atoms with Crippen LogP contribution < -0.4 is 4.72 Å². The Morgan fingerprint density at radius 3 is 1.93 bits per heavy atom. The van der Waals surface area contributed by atoms with E-state index in [1.807, 2.05) is 4.72 Å². The molecule has 8 heteroatoms. The second-order valence-corrected chi connectivity index (χ2v) is 4.91. The van der Waals surface area contributed by atoms with E-state index in [9.17, 15) is 21.6 Å². The van der Waals surface area contributed by atoms with Crippen molar-refractivity contribution in [1.82, 2.24) is 0 Å². The summed E-state index contributed by atoms with van der Waals surface area (Å²) in [5.41, 5.74) is -0.891. The summed E-state index contributed by atoms with van der Waals surface area (Å²) in [6, 6.07) is 3.46. The third kappa shape index (κ3) is 3.96. The maximum absolute atomic E-state index is 12.1. The van der Waals surface area contributed by atoms with Crippen molar-refractivity contribution in [3.63, 3.8) is 0 Å². The molecule has 0 saturated heterocycles. The zero-order valence-electron chi connectivity index (χ0n) is 7.05. The van der Waals surface area contributed by atoms with Crippen LogP contribution in [0.15, 0.2) is 24.3 Å². The minimum absolute atomic E-state index is 0.0296. The van der Waals surface area contributed by atoms with Crippen LogP contribution in [0.25, 0.3) is 0 Å². The van der Waals surface area contributed by atoms with Crippen molar-refractivity contribution in [2.75, 3.05) is 4.72 Å². The van der Waals surface area contributed by atoms with E-state index in [1.54, 1.807) is 0 Å². The van der Waals surface area contributed by atoms with Crippen LogP contribution in [0.3, 0.4) is 0 Å². The van der Waals surface area contributed by atoms with Crippen molar-refractivity contribution in [3.05, 3.63) is 29.8 Å². The molecule has 0 bridgehead atoms. The summed E-state index contributed by atoms with van der Waals surface area (Å²) in [5, 5.41) is 0. The Labute approximate surface area is 88.4 Å². The molecule has 0 radical (unpaired) electrons. The van der Waals surface area contributed by atoms with Crippen LogP contribution in [0.5, 0.6) is 0 Å². The summed E-state index contributed by atoms with van der Waals surface area (Å²) < 4.78 is 59.1. The molecule has 0 unspecified atom stereocenters. The lowest BCUT2D eigenvalue weighted by Gasteiger charge is -2.07. The first kappa shape index (κ1) is 12.1. The van der Waals surface area contributed by atoms with Crippen LogP contribution in [-0.4, -0.2) is 8.42 Å². The molecule has 0 aliphatic heterocycles. The molecule has 0 atom stereocenters. The zero-order chi connectivity index (χ0) is 11.7. The lowest BCUT2D eigenvalue weighted by molar-refractivity contribution is -0.137. The number of anilines is 1. The third-order valence-electron chi connectivity index (χ3n) is 1.45. The molecule has 0 saturated carbocycles. The average molecular weight is 260 g/mol. The Kier molecular flexibility index (Phi) is 3.15. The van der Waals surface area contributed by atoms with Gasteiger partial charge in [0.05, 0.1) is 5.56 Å². The molecule has 0 spiro atoms. The van der Waals surface area contributed by atoms with Gasteiger partial charge in [0.15, 0.2) is 0 Å². The summed E-state index contributed by atoms with van der Waals surface area (Å²) in [6.07, 6.45) is -4.45. The number of hydrogen-bond donors (Lipinski definition) is 1. The maximum Gasteiger partial charge on any atom is 0.416 e. The van der Waals surface area contributed by atoms with E-state index < -0.39 is 21.0 Å². The second-order valence-electron chi connectivity index (χ2n) is 2.62. The van der Waals surface area contributed by atoms with Gasteiger partial charge in [-0.15, -0.1) is 0 Å². The SMILES string of the molecule is O=S(=O)(Cl)Nc1ccc(C(F)(F)F)cc1. The lowest BCUT2D eigenvalue weighted by atomic mass is 10.2. The molecule has 3 nitrogen and oxygen atoms in total. The van der Waals surface area contributed by atoms with Gasteiger partial charge in [-0.2, -0.15) is 21.6 Å². The normalized spacial score (nSPS) is 12.5. The van der Waals surface area contributed by atoms with Crippen molar-refractivity contribution < 1.29 is 21.6 Å². The van der Waals surface area contributed by atoms with Gasteiger partial charge in [-0.1, -0.05) is 0 Å². The van der Waals surface area contributed by atoms with Crippen LogP contribution in [0, 0.1) is 0 Å². The van der Waals surface area contributed by atoms with Crippen molar-refractivity contribution >= 4 is 25.6 Å². The molecule has 0 fully saturated rings. The minimum Gasteiger partial charge on any atom is -0.271 e. The summed E-state index contributed by atoms with van der Waals surface area (Å²) in [6.45, 7) is 0. The van der Waals surface area contributed by atoms with Gasteiger partial charge in [-0.05, 0) is 24.3 Å². The molecule has 0 aliphatic rings. The molecule has 0 aliphatic carbocycles. The molecule has 84 valence electrons. The Morgan fingerprint density at radius 2 is 1.60 bits per heavy atom. The number of halogens is 4. The number of rotatable bonds is 2. The molecular formula is C7H5ClF3NO2S. The first-order chi connectivity index (χ1) is 6.68.